The Morgan fingerprint density at radius 2 is 2.21 bits per heavy atom. The maximum absolute atomic E-state index is 11.6. The molecule has 1 aromatic carbocycles. The van der Waals surface area contributed by atoms with E-state index in [1.807, 2.05) is 31.2 Å². The summed E-state index contributed by atoms with van der Waals surface area (Å²) in [5.41, 5.74) is 1.75. The number of benzene rings is 1. The second kappa shape index (κ2) is 5.22. The fourth-order valence-corrected chi connectivity index (χ4v) is 1.21. The van der Waals surface area contributed by atoms with E-state index in [9.17, 15) is 4.79 Å². The summed E-state index contributed by atoms with van der Waals surface area (Å²) in [5, 5.41) is 2.83. The van der Waals surface area contributed by atoms with Crippen LogP contribution in [0, 0.1) is 6.92 Å². The van der Waals surface area contributed by atoms with E-state index < -0.39 is 0 Å². The van der Waals surface area contributed by atoms with E-state index in [1.54, 1.807) is 6.08 Å². The van der Waals surface area contributed by atoms with Gasteiger partial charge in [-0.3, -0.25) is 4.79 Å². The Labute approximate surface area is 84.6 Å². The van der Waals surface area contributed by atoms with E-state index in [2.05, 4.69) is 11.9 Å². The molecule has 1 N–H and O–H groups in total. The third-order valence-corrected chi connectivity index (χ3v) is 2.02. The van der Waals surface area contributed by atoms with Gasteiger partial charge in [-0.1, -0.05) is 24.3 Å². The Morgan fingerprint density at radius 1 is 1.50 bits per heavy atom. The SMILES string of the molecule is C=CCCNC(=O)c1ccccc1C. The molecule has 1 rings (SSSR count). The highest BCUT2D eigenvalue weighted by Crippen LogP contribution is 2.06. The van der Waals surface area contributed by atoms with Crippen molar-refractivity contribution >= 4 is 5.91 Å². The molecule has 0 unspecified atom stereocenters. The van der Waals surface area contributed by atoms with Crippen LogP contribution in [0.25, 0.3) is 0 Å². The molecule has 0 heterocycles. The lowest BCUT2D eigenvalue weighted by Crippen LogP contribution is -2.24. The first-order valence-electron chi connectivity index (χ1n) is 4.70. The Morgan fingerprint density at radius 3 is 2.86 bits per heavy atom. The van der Waals surface area contributed by atoms with Gasteiger partial charge in [-0.2, -0.15) is 0 Å². The van der Waals surface area contributed by atoms with Gasteiger partial charge in [0.1, 0.15) is 0 Å². The van der Waals surface area contributed by atoms with Crippen LogP contribution in [-0.2, 0) is 0 Å². The van der Waals surface area contributed by atoms with Gasteiger partial charge in [0.05, 0.1) is 0 Å². The number of aryl methyl sites for hydroxylation is 1. The minimum atomic E-state index is -0.00931. The number of hydrogen-bond acceptors (Lipinski definition) is 1. The molecule has 1 aromatic rings. The van der Waals surface area contributed by atoms with E-state index in [0.717, 1.165) is 17.5 Å². The minimum absolute atomic E-state index is 0.00931. The van der Waals surface area contributed by atoms with Crippen LogP contribution in [0.15, 0.2) is 36.9 Å². The first kappa shape index (κ1) is 10.5. The Balaban J connectivity index is 2.60. The van der Waals surface area contributed by atoms with Gasteiger partial charge in [0, 0.05) is 12.1 Å². The summed E-state index contributed by atoms with van der Waals surface area (Å²) in [7, 11) is 0. The molecule has 0 aliphatic carbocycles. The highest BCUT2D eigenvalue weighted by molar-refractivity contribution is 5.95. The predicted molar refractivity (Wildman–Crippen MR) is 58.3 cm³/mol. The number of nitrogens with one attached hydrogen (secondary N) is 1. The molecular weight excluding hydrogens is 174 g/mol. The quantitative estimate of drug-likeness (QED) is 0.571. The lowest BCUT2D eigenvalue weighted by Gasteiger charge is -2.05. The third-order valence-electron chi connectivity index (χ3n) is 2.02. The molecule has 2 heteroatoms. The molecule has 0 bridgehead atoms. The molecule has 0 aromatic heterocycles. The van der Waals surface area contributed by atoms with Crippen molar-refractivity contribution in [3.8, 4) is 0 Å². The summed E-state index contributed by atoms with van der Waals surface area (Å²) in [6.07, 6.45) is 2.59. The fraction of sp³-hybridized carbons (Fsp3) is 0.250. The summed E-state index contributed by atoms with van der Waals surface area (Å²) in [6, 6.07) is 7.56. The van der Waals surface area contributed by atoms with Crippen LogP contribution in [-0.4, -0.2) is 12.5 Å². The zero-order chi connectivity index (χ0) is 10.4. The van der Waals surface area contributed by atoms with Gasteiger partial charge in [-0.05, 0) is 25.0 Å². The van der Waals surface area contributed by atoms with E-state index >= 15 is 0 Å². The van der Waals surface area contributed by atoms with Crippen molar-refractivity contribution in [1.82, 2.24) is 5.32 Å². The Kier molecular flexibility index (Phi) is 3.92. The number of rotatable bonds is 4. The summed E-state index contributed by atoms with van der Waals surface area (Å²) < 4.78 is 0. The van der Waals surface area contributed by atoms with E-state index in [-0.39, 0.29) is 5.91 Å². The van der Waals surface area contributed by atoms with Crippen LogP contribution in [0.2, 0.25) is 0 Å². The van der Waals surface area contributed by atoms with Gasteiger partial charge in [-0.15, -0.1) is 6.58 Å². The molecule has 0 aliphatic heterocycles. The van der Waals surface area contributed by atoms with Crippen LogP contribution >= 0.6 is 0 Å². The standard InChI is InChI=1S/C12H15NO/c1-3-4-9-13-12(14)11-8-6-5-7-10(11)2/h3,5-8H,1,4,9H2,2H3,(H,13,14). The predicted octanol–water partition coefficient (Wildman–Crippen LogP) is 2.30. The van der Waals surface area contributed by atoms with E-state index in [1.165, 1.54) is 0 Å². The van der Waals surface area contributed by atoms with E-state index in [0.29, 0.717) is 6.54 Å². The van der Waals surface area contributed by atoms with Crippen LogP contribution in [0.4, 0.5) is 0 Å². The van der Waals surface area contributed by atoms with Gasteiger partial charge >= 0.3 is 0 Å². The first-order chi connectivity index (χ1) is 6.75. The summed E-state index contributed by atoms with van der Waals surface area (Å²) >= 11 is 0. The fourth-order valence-electron chi connectivity index (χ4n) is 1.21. The molecule has 0 aliphatic rings. The lowest BCUT2D eigenvalue weighted by atomic mass is 10.1. The van der Waals surface area contributed by atoms with Crippen molar-refractivity contribution in [3.63, 3.8) is 0 Å². The molecule has 1 amide bonds. The highest BCUT2D eigenvalue weighted by atomic mass is 16.1. The highest BCUT2D eigenvalue weighted by Gasteiger charge is 2.05. The normalized spacial score (nSPS) is 9.50. The first-order valence-corrected chi connectivity index (χ1v) is 4.70. The van der Waals surface area contributed by atoms with Gasteiger partial charge in [0.2, 0.25) is 0 Å². The molecule has 0 spiro atoms. The smallest absolute Gasteiger partial charge is 0.251 e. The van der Waals surface area contributed by atoms with Crippen molar-refractivity contribution in [3.05, 3.63) is 48.0 Å². The molecule has 0 atom stereocenters. The van der Waals surface area contributed by atoms with Crippen molar-refractivity contribution in [2.75, 3.05) is 6.54 Å². The zero-order valence-electron chi connectivity index (χ0n) is 8.42. The lowest BCUT2D eigenvalue weighted by molar-refractivity contribution is 0.0954. The van der Waals surface area contributed by atoms with Gasteiger partial charge < -0.3 is 5.32 Å². The largest absolute Gasteiger partial charge is 0.352 e. The second-order valence-corrected chi connectivity index (χ2v) is 3.15. The number of carbonyl (C=O) groups excluding carboxylic acids is 1. The Bertz CT molecular complexity index is 331. The molecule has 0 radical (unpaired) electrons. The molecule has 14 heavy (non-hydrogen) atoms. The summed E-state index contributed by atoms with van der Waals surface area (Å²) in [5.74, 6) is -0.00931. The van der Waals surface area contributed by atoms with Crippen molar-refractivity contribution in [2.45, 2.75) is 13.3 Å². The van der Waals surface area contributed by atoms with Crippen molar-refractivity contribution in [2.24, 2.45) is 0 Å². The molecule has 74 valence electrons. The third kappa shape index (κ3) is 2.73. The zero-order valence-corrected chi connectivity index (χ0v) is 8.42. The van der Waals surface area contributed by atoms with Crippen LogP contribution in [0.1, 0.15) is 22.3 Å². The number of amides is 1. The maximum Gasteiger partial charge on any atom is 0.251 e. The van der Waals surface area contributed by atoms with Crippen molar-refractivity contribution in [1.29, 1.82) is 0 Å². The Hall–Kier alpha value is -1.57. The van der Waals surface area contributed by atoms with Gasteiger partial charge in [0.15, 0.2) is 0 Å². The van der Waals surface area contributed by atoms with Crippen molar-refractivity contribution < 1.29 is 4.79 Å². The van der Waals surface area contributed by atoms with Crippen LogP contribution in [0.3, 0.4) is 0 Å². The monoisotopic (exact) mass is 189 g/mol. The topological polar surface area (TPSA) is 29.1 Å². The minimum Gasteiger partial charge on any atom is -0.352 e. The maximum atomic E-state index is 11.6. The van der Waals surface area contributed by atoms with Gasteiger partial charge in [0.25, 0.3) is 5.91 Å². The molecule has 2 nitrogen and oxygen atoms in total. The summed E-state index contributed by atoms with van der Waals surface area (Å²) in [4.78, 5) is 11.6. The average Bonchev–Trinajstić information content (AvgIpc) is 2.18. The molecular formula is C12H15NO. The number of hydrogen-bond donors (Lipinski definition) is 1. The van der Waals surface area contributed by atoms with E-state index in [4.69, 9.17) is 0 Å². The van der Waals surface area contributed by atoms with Gasteiger partial charge in [-0.25, -0.2) is 0 Å². The van der Waals surface area contributed by atoms with Crippen LogP contribution < -0.4 is 5.32 Å². The van der Waals surface area contributed by atoms with Crippen LogP contribution in [0.5, 0.6) is 0 Å². The average molecular weight is 189 g/mol. The molecule has 0 saturated heterocycles. The molecule has 0 fully saturated rings. The number of carbonyl (C=O) groups is 1. The second-order valence-electron chi connectivity index (χ2n) is 3.15. The summed E-state index contributed by atoms with van der Waals surface area (Å²) in [6.45, 7) is 6.18. The molecule has 0 saturated carbocycles.